The van der Waals surface area contributed by atoms with Gasteiger partial charge < -0.3 is 21.7 Å². The first-order valence-corrected chi connectivity index (χ1v) is 10.4. The summed E-state index contributed by atoms with van der Waals surface area (Å²) in [6, 6.07) is -0.268. The average Bonchev–Trinajstić information content (AvgIpc) is 2.54. The van der Waals surface area contributed by atoms with Gasteiger partial charge in [0.1, 0.15) is 0 Å². The first-order valence-electron chi connectivity index (χ1n) is 10.4. The molecule has 2 rings (SSSR count). The van der Waals surface area contributed by atoms with Crippen LogP contribution in [0, 0.1) is 47.3 Å². The molecule has 2 fully saturated rings. The van der Waals surface area contributed by atoms with E-state index >= 15 is 0 Å². The molecule has 4 nitrogen and oxygen atoms in total. The molecule has 148 valence electrons. The molecule has 0 aromatic carbocycles. The van der Waals surface area contributed by atoms with E-state index in [1.54, 1.807) is 0 Å². The van der Waals surface area contributed by atoms with E-state index in [2.05, 4.69) is 41.5 Å². The Labute approximate surface area is 154 Å². The summed E-state index contributed by atoms with van der Waals surface area (Å²) < 4.78 is 0. The van der Waals surface area contributed by atoms with Crippen molar-refractivity contribution in [2.75, 3.05) is 0 Å². The molecule has 0 aromatic heterocycles. The van der Waals surface area contributed by atoms with Crippen LogP contribution >= 0.6 is 0 Å². The number of hydrogen-bond donors (Lipinski definition) is 4. The molecule has 0 spiro atoms. The SMILES string of the molecule is CC(C)C1CC(CC2CC(C(C)C)C(O)C(N)C2C)C(C)C(N)C1O. The number of rotatable bonds is 4. The van der Waals surface area contributed by atoms with Crippen LogP contribution in [0.1, 0.15) is 60.8 Å². The Morgan fingerprint density at radius 1 is 0.760 bits per heavy atom. The molecular weight excluding hydrogens is 312 g/mol. The van der Waals surface area contributed by atoms with Crippen LogP contribution < -0.4 is 11.5 Å². The van der Waals surface area contributed by atoms with Crippen molar-refractivity contribution in [2.45, 2.75) is 85.1 Å². The maximum Gasteiger partial charge on any atom is 0.0724 e. The van der Waals surface area contributed by atoms with Crippen molar-refractivity contribution in [1.29, 1.82) is 0 Å². The Bertz CT molecular complexity index is 390. The van der Waals surface area contributed by atoms with E-state index < -0.39 is 0 Å². The summed E-state index contributed by atoms with van der Waals surface area (Å²) in [6.45, 7) is 13.2. The van der Waals surface area contributed by atoms with Crippen LogP contribution in [0.25, 0.3) is 0 Å². The summed E-state index contributed by atoms with van der Waals surface area (Å²) >= 11 is 0. The van der Waals surface area contributed by atoms with E-state index in [9.17, 15) is 10.2 Å². The van der Waals surface area contributed by atoms with Gasteiger partial charge in [0.25, 0.3) is 0 Å². The Hall–Kier alpha value is -0.160. The maximum absolute atomic E-state index is 10.6. The van der Waals surface area contributed by atoms with Crippen molar-refractivity contribution < 1.29 is 10.2 Å². The highest BCUT2D eigenvalue weighted by molar-refractivity contribution is 4.98. The van der Waals surface area contributed by atoms with Crippen molar-refractivity contribution >= 4 is 0 Å². The van der Waals surface area contributed by atoms with Crippen LogP contribution in [0.2, 0.25) is 0 Å². The third kappa shape index (κ3) is 4.23. The second kappa shape index (κ2) is 8.24. The molecular formula is C21H42N2O2. The van der Waals surface area contributed by atoms with E-state index in [4.69, 9.17) is 11.5 Å². The number of hydrogen-bond acceptors (Lipinski definition) is 4. The van der Waals surface area contributed by atoms with Gasteiger partial charge in [-0.15, -0.1) is 0 Å². The molecule has 2 aliphatic carbocycles. The van der Waals surface area contributed by atoms with E-state index in [0.717, 1.165) is 19.3 Å². The second-order valence-electron chi connectivity index (χ2n) is 9.90. The van der Waals surface area contributed by atoms with Gasteiger partial charge in [-0.1, -0.05) is 41.5 Å². The smallest absolute Gasteiger partial charge is 0.0724 e. The minimum absolute atomic E-state index is 0.134. The summed E-state index contributed by atoms with van der Waals surface area (Å²) in [7, 11) is 0. The van der Waals surface area contributed by atoms with Crippen molar-refractivity contribution in [1.82, 2.24) is 0 Å². The lowest BCUT2D eigenvalue weighted by molar-refractivity contribution is -0.0492. The lowest BCUT2D eigenvalue weighted by Gasteiger charge is -2.49. The molecule has 0 aromatic rings. The lowest BCUT2D eigenvalue weighted by Crippen LogP contribution is -2.55. The predicted molar refractivity (Wildman–Crippen MR) is 104 cm³/mol. The standard InChI is InChI=1S/C21H42N2O2/c1-10(2)16-8-14(12(5)18(22)20(16)24)7-15-9-17(11(3)4)21(25)19(23)13(15)6/h10-21,24-25H,7-9,22-23H2,1-6H3. The molecule has 25 heavy (non-hydrogen) atoms. The number of aliphatic hydroxyl groups excluding tert-OH is 2. The summed E-state index contributed by atoms with van der Waals surface area (Å²) in [5.74, 6) is 3.21. The van der Waals surface area contributed by atoms with Gasteiger partial charge in [-0.05, 0) is 66.6 Å². The third-order valence-corrected chi connectivity index (χ3v) is 7.84. The van der Waals surface area contributed by atoms with Gasteiger partial charge >= 0.3 is 0 Å². The highest BCUT2D eigenvalue weighted by Crippen LogP contribution is 2.45. The fourth-order valence-electron chi connectivity index (χ4n) is 5.57. The molecule has 2 aliphatic rings. The molecule has 0 heterocycles. The van der Waals surface area contributed by atoms with Crippen molar-refractivity contribution in [3.63, 3.8) is 0 Å². The quantitative estimate of drug-likeness (QED) is 0.624. The average molecular weight is 355 g/mol. The Morgan fingerprint density at radius 3 is 1.36 bits per heavy atom. The fourth-order valence-corrected chi connectivity index (χ4v) is 5.57. The van der Waals surface area contributed by atoms with Crippen LogP contribution in [-0.2, 0) is 0 Å². The van der Waals surface area contributed by atoms with Crippen molar-refractivity contribution in [3.05, 3.63) is 0 Å². The highest BCUT2D eigenvalue weighted by atomic mass is 16.3. The van der Waals surface area contributed by atoms with E-state index in [-0.39, 0.29) is 36.1 Å². The molecule has 10 unspecified atom stereocenters. The van der Waals surface area contributed by atoms with Gasteiger partial charge in [0.2, 0.25) is 0 Å². The zero-order valence-electron chi connectivity index (χ0n) is 17.1. The summed E-state index contributed by atoms with van der Waals surface area (Å²) in [5.41, 5.74) is 12.8. The lowest BCUT2D eigenvalue weighted by atomic mass is 9.60. The molecule has 0 aliphatic heterocycles. The van der Waals surface area contributed by atoms with Gasteiger partial charge in [-0.25, -0.2) is 0 Å². The molecule has 0 radical (unpaired) electrons. The second-order valence-corrected chi connectivity index (χ2v) is 9.90. The van der Waals surface area contributed by atoms with Crippen LogP contribution in [0.5, 0.6) is 0 Å². The van der Waals surface area contributed by atoms with Crippen molar-refractivity contribution in [3.8, 4) is 0 Å². The fraction of sp³-hybridized carbons (Fsp3) is 1.00. The van der Waals surface area contributed by atoms with Gasteiger partial charge in [-0.3, -0.25) is 0 Å². The molecule has 10 atom stereocenters. The molecule has 4 heteroatoms. The van der Waals surface area contributed by atoms with Crippen LogP contribution in [0.4, 0.5) is 0 Å². The highest BCUT2D eigenvalue weighted by Gasteiger charge is 2.45. The van der Waals surface area contributed by atoms with Gasteiger partial charge in [0, 0.05) is 12.1 Å². The zero-order chi connectivity index (χ0) is 19.0. The summed E-state index contributed by atoms with van der Waals surface area (Å²) in [5, 5.41) is 21.1. The van der Waals surface area contributed by atoms with Crippen LogP contribution in [-0.4, -0.2) is 34.5 Å². The predicted octanol–water partition coefficient (Wildman–Crippen LogP) is 2.61. The van der Waals surface area contributed by atoms with E-state index in [0.29, 0.717) is 35.5 Å². The Kier molecular flexibility index (Phi) is 6.97. The first kappa shape index (κ1) is 21.1. The first-order chi connectivity index (χ1) is 11.6. The van der Waals surface area contributed by atoms with Gasteiger partial charge in [0.05, 0.1) is 12.2 Å². The van der Waals surface area contributed by atoms with E-state index in [1.807, 2.05) is 0 Å². The minimum atomic E-state index is -0.387. The van der Waals surface area contributed by atoms with E-state index in [1.165, 1.54) is 0 Å². The monoisotopic (exact) mass is 354 g/mol. The topological polar surface area (TPSA) is 92.5 Å². The Morgan fingerprint density at radius 2 is 1.08 bits per heavy atom. The van der Waals surface area contributed by atoms with Gasteiger partial charge in [-0.2, -0.15) is 0 Å². The number of aliphatic hydroxyl groups is 2. The van der Waals surface area contributed by atoms with Crippen LogP contribution in [0.15, 0.2) is 0 Å². The normalized spacial score (nSPS) is 49.0. The number of nitrogens with two attached hydrogens (primary N) is 2. The Balaban J connectivity index is 2.13. The van der Waals surface area contributed by atoms with Gasteiger partial charge in [0.15, 0.2) is 0 Å². The minimum Gasteiger partial charge on any atom is -0.391 e. The molecule has 0 bridgehead atoms. The molecule has 0 amide bonds. The van der Waals surface area contributed by atoms with Crippen LogP contribution in [0.3, 0.4) is 0 Å². The summed E-state index contributed by atoms with van der Waals surface area (Å²) in [6.07, 6.45) is 2.46. The summed E-state index contributed by atoms with van der Waals surface area (Å²) in [4.78, 5) is 0. The molecule has 6 N–H and O–H groups in total. The van der Waals surface area contributed by atoms with Crippen molar-refractivity contribution in [2.24, 2.45) is 58.8 Å². The largest absolute Gasteiger partial charge is 0.391 e. The maximum atomic E-state index is 10.6. The zero-order valence-corrected chi connectivity index (χ0v) is 17.1. The third-order valence-electron chi connectivity index (χ3n) is 7.84. The molecule has 2 saturated carbocycles. The molecule has 0 saturated heterocycles.